The molecule has 0 bridgehead atoms. The Kier molecular flexibility index (Phi) is 7.72. The van der Waals surface area contributed by atoms with Crippen molar-refractivity contribution in [1.82, 2.24) is 10.3 Å². The van der Waals surface area contributed by atoms with E-state index in [0.29, 0.717) is 28.6 Å². The Labute approximate surface area is 184 Å². The summed E-state index contributed by atoms with van der Waals surface area (Å²) in [5.74, 6) is -2.30. The topological polar surface area (TPSA) is 130 Å². The number of nitrogens with two attached hydrogens (primary N) is 1. The number of nitrogen functional groups attached to an aromatic ring is 1. The normalized spacial score (nSPS) is 12.5. The summed E-state index contributed by atoms with van der Waals surface area (Å²) in [6.45, 7) is 0.329. The van der Waals surface area contributed by atoms with Gasteiger partial charge in [-0.25, -0.2) is 4.98 Å². The molecule has 0 radical (unpaired) electrons. The first-order valence-corrected chi connectivity index (χ1v) is 10.6. The van der Waals surface area contributed by atoms with Gasteiger partial charge in [0.15, 0.2) is 5.13 Å². The quantitative estimate of drug-likeness (QED) is 0.304. The molecular weight excluding hydrogens is 416 g/mol. The molecule has 31 heavy (non-hydrogen) atoms. The molecule has 0 aliphatic rings. The molecule has 3 aromatic rings. The van der Waals surface area contributed by atoms with Crippen molar-refractivity contribution < 1.29 is 19.7 Å². The van der Waals surface area contributed by atoms with E-state index in [-0.39, 0.29) is 25.0 Å². The number of methoxy groups -OCH3 is 1. The number of hydrogen-bond donors (Lipinski definition) is 5. The van der Waals surface area contributed by atoms with Gasteiger partial charge in [-0.15, -0.1) is 11.3 Å². The molecule has 0 aliphatic heterocycles. The predicted molar refractivity (Wildman–Crippen MR) is 120 cm³/mol. The van der Waals surface area contributed by atoms with Crippen LogP contribution in [-0.2, 0) is 21.7 Å². The van der Waals surface area contributed by atoms with Crippen LogP contribution in [0, 0.1) is 0 Å². The number of rotatable bonds is 10. The summed E-state index contributed by atoms with van der Waals surface area (Å²) in [5.41, 5.74) is 8.03. The molecule has 0 saturated carbocycles. The minimum Gasteiger partial charge on any atom is -0.375 e. The molecule has 8 nitrogen and oxygen atoms in total. The molecule has 0 spiro atoms. The number of nitrogens with zero attached hydrogens (tertiary/aromatic N) is 1. The molecule has 1 aromatic heterocycles. The van der Waals surface area contributed by atoms with E-state index in [1.54, 1.807) is 36.8 Å². The number of amides is 1. The molecule has 0 fully saturated rings. The molecule has 164 valence electrons. The van der Waals surface area contributed by atoms with Gasteiger partial charge in [0.25, 0.3) is 0 Å². The smallest absolute Gasteiger partial charge is 0.230 e. The summed E-state index contributed by atoms with van der Waals surface area (Å²) in [4.78, 5) is 16.2. The molecular formula is C22H26N4O4S. The summed E-state index contributed by atoms with van der Waals surface area (Å²) < 4.78 is 5.48. The van der Waals surface area contributed by atoms with Crippen LogP contribution in [0.2, 0.25) is 0 Å². The van der Waals surface area contributed by atoms with E-state index in [1.807, 2.05) is 30.3 Å². The van der Waals surface area contributed by atoms with Crippen LogP contribution in [-0.4, -0.2) is 41.3 Å². The van der Waals surface area contributed by atoms with Crippen LogP contribution in [0.15, 0.2) is 60.0 Å². The van der Waals surface area contributed by atoms with Crippen molar-refractivity contribution in [3.05, 3.63) is 76.8 Å². The van der Waals surface area contributed by atoms with Gasteiger partial charge in [0.2, 0.25) is 11.7 Å². The number of ether oxygens (including phenoxy) is 1. The Bertz CT molecular complexity index is 977. The second-order valence-electron chi connectivity index (χ2n) is 7.06. The monoisotopic (exact) mass is 442 g/mol. The second-order valence-corrected chi connectivity index (χ2v) is 7.95. The predicted octanol–water partition coefficient (Wildman–Crippen LogP) is 2.02. The number of hydrogen-bond acceptors (Lipinski definition) is 8. The van der Waals surface area contributed by atoms with E-state index < -0.39 is 5.79 Å². The van der Waals surface area contributed by atoms with Crippen molar-refractivity contribution >= 4 is 28.1 Å². The lowest BCUT2D eigenvalue weighted by molar-refractivity contribution is -0.166. The lowest BCUT2D eigenvalue weighted by Gasteiger charge is -2.24. The average molecular weight is 443 g/mol. The van der Waals surface area contributed by atoms with Crippen molar-refractivity contribution in [1.29, 1.82) is 0 Å². The molecule has 1 amide bonds. The summed E-state index contributed by atoms with van der Waals surface area (Å²) in [6, 6.07) is 16.0. The van der Waals surface area contributed by atoms with Crippen molar-refractivity contribution in [2.45, 2.75) is 18.3 Å². The molecule has 9 heteroatoms. The zero-order valence-electron chi connectivity index (χ0n) is 17.1. The van der Waals surface area contributed by atoms with Crippen LogP contribution < -0.4 is 16.4 Å². The molecule has 1 heterocycles. The minimum atomic E-state index is -2.07. The first-order valence-electron chi connectivity index (χ1n) is 9.71. The van der Waals surface area contributed by atoms with E-state index in [4.69, 9.17) is 10.5 Å². The van der Waals surface area contributed by atoms with E-state index in [9.17, 15) is 15.0 Å². The maximum Gasteiger partial charge on any atom is 0.230 e. The first kappa shape index (κ1) is 22.9. The highest BCUT2D eigenvalue weighted by Gasteiger charge is 2.26. The summed E-state index contributed by atoms with van der Waals surface area (Å²) >= 11 is 1.28. The van der Waals surface area contributed by atoms with Gasteiger partial charge in [-0.05, 0) is 17.7 Å². The maximum atomic E-state index is 12.1. The molecule has 6 N–H and O–H groups in total. The van der Waals surface area contributed by atoms with Crippen molar-refractivity contribution in [3.8, 4) is 0 Å². The first-order chi connectivity index (χ1) is 14.9. The number of anilines is 2. The number of carbonyl (C=O) groups is 1. The number of thiazole rings is 1. The Balaban J connectivity index is 1.52. The van der Waals surface area contributed by atoms with Crippen LogP contribution in [0.25, 0.3) is 0 Å². The highest BCUT2D eigenvalue weighted by atomic mass is 32.1. The Hall–Kier alpha value is -2.82. The van der Waals surface area contributed by atoms with Gasteiger partial charge in [0.1, 0.15) is 0 Å². The van der Waals surface area contributed by atoms with E-state index in [1.165, 1.54) is 11.3 Å². The highest BCUT2D eigenvalue weighted by molar-refractivity contribution is 7.13. The van der Waals surface area contributed by atoms with Crippen molar-refractivity contribution in [2.75, 3.05) is 31.2 Å². The minimum absolute atomic E-state index is 0.0867. The summed E-state index contributed by atoms with van der Waals surface area (Å²) in [7, 11) is 1.61. The molecule has 2 aromatic carbocycles. The highest BCUT2D eigenvalue weighted by Crippen LogP contribution is 2.21. The fourth-order valence-corrected chi connectivity index (χ4v) is 3.64. The SMILES string of the molecule is COC(CNCC(O)(O)c1ccc(NC(=O)Cc2csc(N)n2)cc1)c1ccccc1. The van der Waals surface area contributed by atoms with Crippen LogP contribution in [0.4, 0.5) is 10.8 Å². The Morgan fingerprint density at radius 3 is 2.52 bits per heavy atom. The van der Waals surface area contributed by atoms with Gasteiger partial charge in [-0.3, -0.25) is 4.79 Å². The average Bonchev–Trinajstić information content (AvgIpc) is 3.16. The van der Waals surface area contributed by atoms with Gasteiger partial charge in [0.05, 0.1) is 24.8 Å². The van der Waals surface area contributed by atoms with Crippen LogP contribution in [0.3, 0.4) is 0 Å². The largest absolute Gasteiger partial charge is 0.375 e. The van der Waals surface area contributed by atoms with Gasteiger partial charge in [-0.1, -0.05) is 42.5 Å². The maximum absolute atomic E-state index is 12.1. The van der Waals surface area contributed by atoms with E-state index >= 15 is 0 Å². The lowest BCUT2D eigenvalue weighted by atomic mass is 10.0. The zero-order chi connectivity index (χ0) is 22.3. The third-order valence-electron chi connectivity index (χ3n) is 4.70. The molecule has 0 saturated heterocycles. The van der Waals surface area contributed by atoms with Gasteiger partial charge in [0, 0.05) is 30.3 Å². The molecule has 1 atom stereocenters. The zero-order valence-corrected chi connectivity index (χ0v) is 17.9. The third kappa shape index (κ3) is 6.58. The molecule has 1 unspecified atom stereocenters. The number of benzene rings is 2. The second kappa shape index (κ2) is 10.5. The van der Waals surface area contributed by atoms with Gasteiger partial charge < -0.3 is 31.3 Å². The van der Waals surface area contributed by atoms with Crippen LogP contribution in [0.1, 0.15) is 22.9 Å². The van der Waals surface area contributed by atoms with Gasteiger partial charge >= 0.3 is 0 Å². The lowest BCUT2D eigenvalue weighted by Crippen LogP contribution is -2.39. The fourth-order valence-electron chi connectivity index (χ4n) is 3.08. The van der Waals surface area contributed by atoms with Gasteiger partial charge in [-0.2, -0.15) is 0 Å². The van der Waals surface area contributed by atoms with Crippen molar-refractivity contribution in [2.24, 2.45) is 0 Å². The fraction of sp³-hybridized carbons (Fsp3) is 0.273. The Morgan fingerprint density at radius 1 is 1.19 bits per heavy atom. The third-order valence-corrected chi connectivity index (χ3v) is 5.42. The van der Waals surface area contributed by atoms with E-state index in [0.717, 1.165) is 5.56 Å². The van der Waals surface area contributed by atoms with Crippen LogP contribution >= 0.6 is 11.3 Å². The number of aromatic nitrogens is 1. The number of carbonyl (C=O) groups excluding carboxylic acids is 1. The summed E-state index contributed by atoms with van der Waals surface area (Å²) in [5, 5.41) is 28.9. The summed E-state index contributed by atoms with van der Waals surface area (Å²) in [6.07, 6.45) is -0.0894. The Morgan fingerprint density at radius 2 is 1.90 bits per heavy atom. The number of aliphatic hydroxyl groups is 2. The van der Waals surface area contributed by atoms with E-state index in [2.05, 4.69) is 15.6 Å². The van der Waals surface area contributed by atoms with Crippen LogP contribution in [0.5, 0.6) is 0 Å². The standard InChI is InChI=1S/C22H26N4O4S/c1-30-19(15-5-3-2-4-6-15)12-24-14-22(28,29)16-7-9-17(10-8-16)25-20(27)11-18-13-31-21(23)26-18/h2-10,13,19,24,28-29H,11-12,14H2,1H3,(H2,23,26)(H,25,27). The van der Waals surface area contributed by atoms with Crippen molar-refractivity contribution in [3.63, 3.8) is 0 Å². The molecule has 0 aliphatic carbocycles. The molecule has 3 rings (SSSR count). The number of nitrogens with one attached hydrogen (secondary N) is 2.